The van der Waals surface area contributed by atoms with Crippen LogP contribution < -0.4 is 5.32 Å². The van der Waals surface area contributed by atoms with Gasteiger partial charge in [-0.25, -0.2) is 4.98 Å². The summed E-state index contributed by atoms with van der Waals surface area (Å²) >= 11 is 1.51. The topological polar surface area (TPSA) is 83.7 Å². The van der Waals surface area contributed by atoms with Crippen LogP contribution in [0.4, 0.5) is 5.69 Å². The Hall–Kier alpha value is -3.45. The zero-order valence-electron chi connectivity index (χ0n) is 16.5. The van der Waals surface area contributed by atoms with Crippen molar-refractivity contribution in [3.05, 3.63) is 76.9 Å². The molecule has 2 aromatic heterocycles. The number of thiazole rings is 1. The second-order valence-corrected chi connectivity index (χ2v) is 7.89. The third-order valence-electron chi connectivity index (χ3n) is 4.88. The highest BCUT2D eigenvalue weighted by Crippen LogP contribution is 2.24. The first kappa shape index (κ1) is 19.8. The van der Waals surface area contributed by atoms with Crippen molar-refractivity contribution in [3.63, 3.8) is 0 Å². The molecule has 0 saturated heterocycles. The van der Waals surface area contributed by atoms with Crippen molar-refractivity contribution in [1.29, 1.82) is 0 Å². The first-order chi connectivity index (χ1) is 14.5. The first-order valence-electron chi connectivity index (χ1n) is 9.67. The van der Waals surface area contributed by atoms with Gasteiger partial charge in [0.05, 0.1) is 18.5 Å². The van der Waals surface area contributed by atoms with Gasteiger partial charge in [-0.05, 0) is 29.7 Å². The Bertz CT molecular complexity index is 1190. The number of benzene rings is 2. The molecule has 0 saturated carbocycles. The molecule has 0 unspecified atom stereocenters. The summed E-state index contributed by atoms with van der Waals surface area (Å²) in [7, 11) is 0. The summed E-state index contributed by atoms with van der Waals surface area (Å²) < 4.78 is 1.96. The van der Waals surface area contributed by atoms with Gasteiger partial charge in [-0.1, -0.05) is 43.3 Å². The van der Waals surface area contributed by atoms with Crippen molar-refractivity contribution >= 4 is 33.9 Å². The molecule has 30 heavy (non-hydrogen) atoms. The number of anilines is 1. The molecule has 6 nitrogen and oxygen atoms in total. The predicted molar refractivity (Wildman–Crippen MR) is 118 cm³/mol. The second-order valence-electron chi connectivity index (χ2n) is 7.05. The molecule has 0 bridgehead atoms. The van der Waals surface area contributed by atoms with Crippen LogP contribution in [0, 0.1) is 0 Å². The van der Waals surface area contributed by atoms with Crippen LogP contribution in [-0.2, 0) is 28.9 Å². The van der Waals surface area contributed by atoms with Crippen LogP contribution in [0.2, 0.25) is 0 Å². The van der Waals surface area contributed by atoms with Gasteiger partial charge < -0.3 is 10.4 Å². The van der Waals surface area contributed by atoms with Crippen LogP contribution in [-0.4, -0.2) is 26.4 Å². The number of nitrogens with one attached hydrogen (secondary N) is 1. The van der Waals surface area contributed by atoms with Crippen LogP contribution >= 0.6 is 11.3 Å². The number of carboxylic acids is 1. The van der Waals surface area contributed by atoms with Crippen LogP contribution in [0.25, 0.3) is 16.2 Å². The Labute approximate surface area is 177 Å². The van der Waals surface area contributed by atoms with E-state index >= 15 is 0 Å². The highest BCUT2D eigenvalue weighted by atomic mass is 32.1. The van der Waals surface area contributed by atoms with E-state index in [0.29, 0.717) is 11.3 Å². The number of hydrogen-bond acceptors (Lipinski definition) is 4. The predicted octanol–water partition coefficient (Wildman–Crippen LogP) is 4.43. The van der Waals surface area contributed by atoms with Crippen molar-refractivity contribution in [1.82, 2.24) is 9.38 Å². The van der Waals surface area contributed by atoms with Crippen molar-refractivity contribution in [2.45, 2.75) is 26.2 Å². The molecule has 0 aliphatic rings. The number of nitrogens with zero attached hydrogens (tertiary/aromatic N) is 2. The smallest absolute Gasteiger partial charge is 0.307 e. The van der Waals surface area contributed by atoms with Gasteiger partial charge in [0.2, 0.25) is 5.91 Å². The monoisotopic (exact) mass is 419 g/mol. The Kier molecular flexibility index (Phi) is 5.63. The number of carbonyl (C=O) groups is 2. The summed E-state index contributed by atoms with van der Waals surface area (Å²) in [5.41, 5.74) is 5.44. The number of carboxylic acid groups (broad SMARTS) is 1. The highest BCUT2D eigenvalue weighted by Gasteiger charge is 2.13. The number of aryl methyl sites for hydroxylation is 1. The zero-order valence-corrected chi connectivity index (χ0v) is 17.3. The summed E-state index contributed by atoms with van der Waals surface area (Å²) in [6, 6.07) is 15.2. The van der Waals surface area contributed by atoms with Crippen molar-refractivity contribution in [2.24, 2.45) is 0 Å². The van der Waals surface area contributed by atoms with E-state index in [4.69, 9.17) is 5.11 Å². The van der Waals surface area contributed by atoms with E-state index in [1.807, 2.05) is 16.0 Å². The van der Waals surface area contributed by atoms with Crippen LogP contribution in [0.5, 0.6) is 0 Å². The van der Waals surface area contributed by atoms with Crippen LogP contribution in [0.1, 0.15) is 23.7 Å². The van der Waals surface area contributed by atoms with E-state index in [-0.39, 0.29) is 18.7 Å². The fourth-order valence-electron chi connectivity index (χ4n) is 3.26. The lowest BCUT2D eigenvalue weighted by Crippen LogP contribution is -2.15. The first-order valence-corrected chi connectivity index (χ1v) is 10.5. The second kappa shape index (κ2) is 8.51. The molecule has 2 aromatic carbocycles. The normalized spacial score (nSPS) is 11.0. The van der Waals surface area contributed by atoms with Crippen molar-refractivity contribution in [3.8, 4) is 11.3 Å². The van der Waals surface area contributed by atoms with E-state index in [1.165, 1.54) is 16.9 Å². The summed E-state index contributed by atoms with van der Waals surface area (Å²) in [6.45, 7) is 2.13. The lowest BCUT2D eigenvalue weighted by atomic mass is 10.1. The van der Waals surface area contributed by atoms with E-state index < -0.39 is 5.97 Å². The average Bonchev–Trinajstić information content (AvgIpc) is 3.31. The maximum Gasteiger partial charge on any atom is 0.307 e. The molecular formula is C23H21N3O3S. The maximum atomic E-state index is 12.5. The third kappa shape index (κ3) is 4.41. The molecule has 4 rings (SSSR count). The molecule has 0 fully saturated rings. The summed E-state index contributed by atoms with van der Waals surface area (Å²) in [5, 5.41) is 13.6. The SMILES string of the molecule is CCc1ccc(-c2cn3c(CC(=O)Nc4ccc(CC(=O)O)cc4)csc3n2)cc1. The number of aliphatic carboxylic acids is 1. The summed E-state index contributed by atoms with van der Waals surface area (Å²) in [6.07, 6.45) is 3.16. The summed E-state index contributed by atoms with van der Waals surface area (Å²) in [4.78, 5) is 28.8. The van der Waals surface area contributed by atoms with Gasteiger partial charge in [-0.15, -0.1) is 11.3 Å². The van der Waals surface area contributed by atoms with E-state index in [2.05, 4.69) is 41.5 Å². The molecule has 2 heterocycles. The van der Waals surface area contributed by atoms with Gasteiger partial charge in [-0.2, -0.15) is 0 Å². The van der Waals surface area contributed by atoms with Gasteiger partial charge in [0.1, 0.15) is 0 Å². The molecule has 0 spiro atoms. The Balaban J connectivity index is 1.46. The fraction of sp³-hybridized carbons (Fsp3) is 0.174. The molecule has 152 valence electrons. The van der Waals surface area contributed by atoms with Gasteiger partial charge in [0.25, 0.3) is 0 Å². The number of amides is 1. The Morgan fingerprint density at radius 2 is 1.73 bits per heavy atom. The van der Waals surface area contributed by atoms with E-state index in [1.54, 1.807) is 24.3 Å². The number of aromatic nitrogens is 2. The number of hydrogen-bond donors (Lipinski definition) is 2. The van der Waals surface area contributed by atoms with Crippen molar-refractivity contribution in [2.75, 3.05) is 5.32 Å². The molecule has 1 amide bonds. The Morgan fingerprint density at radius 3 is 2.40 bits per heavy atom. The third-order valence-corrected chi connectivity index (χ3v) is 5.76. The van der Waals surface area contributed by atoms with E-state index in [9.17, 15) is 9.59 Å². The quantitative estimate of drug-likeness (QED) is 0.464. The fourth-order valence-corrected chi connectivity index (χ4v) is 4.13. The molecule has 0 atom stereocenters. The minimum atomic E-state index is -0.880. The minimum absolute atomic E-state index is 0.0365. The van der Waals surface area contributed by atoms with Gasteiger partial charge in [-0.3, -0.25) is 14.0 Å². The minimum Gasteiger partial charge on any atom is -0.481 e. The van der Waals surface area contributed by atoms with Gasteiger partial charge >= 0.3 is 5.97 Å². The Morgan fingerprint density at radius 1 is 1.03 bits per heavy atom. The lowest BCUT2D eigenvalue weighted by molar-refractivity contribution is -0.136. The molecule has 2 N–H and O–H groups in total. The number of rotatable bonds is 7. The van der Waals surface area contributed by atoms with E-state index in [0.717, 1.165) is 28.3 Å². The lowest BCUT2D eigenvalue weighted by Gasteiger charge is -2.06. The number of imidazole rings is 1. The van der Waals surface area contributed by atoms with Crippen LogP contribution in [0.15, 0.2) is 60.1 Å². The molecule has 0 radical (unpaired) electrons. The molecular weight excluding hydrogens is 398 g/mol. The largest absolute Gasteiger partial charge is 0.481 e. The van der Waals surface area contributed by atoms with Crippen molar-refractivity contribution < 1.29 is 14.7 Å². The maximum absolute atomic E-state index is 12.5. The zero-order chi connectivity index (χ0) is 21.1. The standard InChI is InChI=1S/C23H21N3O3S/c1-2-15-3-7-17(8-4-15)20-13-26-19(14-30-23(26)25-20)12-21(27)24-18-9-5-16(6-10-18)11-22(28)29/h3-10,13-14H,2,11-12H2,1H3,(H,24,27)(H,28,29). The molecule has 7 heteroatoms. The number of carbonyl (C=O) groups excluding carboxylic acids is 1. The molecule has 0 aliphatic carbocycles. The van der Waals surface area contributed by atoms with Crippen LogP contribution in [0.3, 0.4) is 0 Å². The van der Waals surface area contributed by atoms with Gasteiger partial charge in [0.15, 0.2) is 4.96 Å². The average molecular weight is 420 g/mol. The highest BCUT2D eigenvalue weighted by molar-refractivity contribution is 7.15. The molecule has 0 aliphatic heterocycles. The van der Waals surface area contributed by atoms with Gasteiger partial charge in [0, 0.05) is 28.5 Å². The number of fused-ring (bicyclic) bond motifs is 1. The summed E-state index contributed by atoms with van der Waals surface area (Å²) in [5.74, 6) is -1.02. The molecule has 4 aromatic rings.